The van der Waals surface area contributed by atoms with Crippen LogP contribution >= 0.6 is 0 Å². The van der Waals surface area contributed by atoms with E-state index in [0.717, 1.165) is 17.0 Å². The van der Waals surface area contributed by atoms with Gasteiger partial charge in [0.1, 0.15) is 11.5 Å². The zero-order valence-electron chi connectivity index (χ0n) is 16.1. The Bertz CT molecular complexity index is 1000. The monoisotopic (exact) mass is 387 g/mol. The molecule has 0 fully saturated rings. The van der Waals surface area contributed by atoms with Gasteiger partial charge in [0.05, 0.1) is 12.8 Å². The van der Waals surface area contributed by atoms with E-state index in [1.807, 2.05) is 72.8 Å². The molecule has 146 valence electrons. The Labute approximate surface area is 169 Å². The number of hydrazone groups is 1. The summed E-state index contributed by atoms with van der Waals surface area (Å²) in [5.74, 6) is 0.317. The molecule has 3 aromatic carbocycles. The Balaban J connectivity index is 1.82. The van der Waals surface area contributed by atoms with Crippen molar-refractivity contribution in [3.63, 3.8) is 0 Å². The van der Waals surface area contributed by atoms with Crippen LogP contribution in [0.2, 0.25) is 0 Å². The second-order valence-electron chi connectivity index (χ2n) is 6.30. The first-order valence-electron chi connectivity index (χ1n) is 9.15. The van der Waals surface area contributed by atoms with Crippen LogP contribution in [0.15, 0.2) is 90.0 Å². The maximum Gasteiger partial charge on any atom is 0.321 e. The molecule has 3 rings (SSSR count). The lowest BCUT2D eigenvalue weighted by atomic mass is 10.0. The molecule has 0 unspecified atom stereocenters. The lowest BCUT2D eigenvalue weighted by Crippen LogP contribution is -2.52. The van der Waals surface area contributed by atoms with Crippen molar-refractivity contribution in [3.8, 4) is 5.75 Å². The normalized spacial score (nSPS) is 10.9. The van der Waals surface area contributed by atoms with Crippen molar-refractivity contribution in [1.82, 2.24) is 0 Å². The fourth-order valence-electron chi connectivity index (χ4n) is 2.67. The first-order chi connectivity index (χ1) is 14.2. The molecule has 29 heavy (non-hydrogen) atoms. The van der Waals surface area contributed by atoms with Gasteiger partial charge in [-0.1, -0.05) is 48.5 Å². The summed E-state index contributed by atoms with van der Waals surface area (Å²) in [5, 5.41) is 13.4. The van der Waals surface area contributed by atoms with Crippen molar-refractivity contribution in [2.24, 2.45) is 5.10 Å². The van der Waals surface area contributed by atoms with Crippen molar-refractivity contribution in [2.45, 2.75) is 6.42 Å². The number of nitrogens with one attached hydrogen (secondary N) is 2. The average Bonchev–Trinajstić information content (AvgIpc) is 2.77. The third-order valence-electron chi connectivity index (χ3n) is 4.19. The molecule has 0 saturated carbocycles. The molecule has 6 nitrogen and oxygen atoms in total. The molecule has 0 aromatic heterocycles. The Morgan fingerprint density at radius 2 is 1.59 bits per heavy atom. The van der Waals surface area contributed by atoms with Crippen LogP contribution in [0.25, 0.3) is 0 Å². The van der Waals surface area contributed by atoms with Gasteiger partial charge < -0.3 is 10.1 Å². The molecular weight excluding hydrogens is 364 g/mol. The minimum Gasteiger partial charge on any atom is -0.497 e. The number of rotatable bonds is 8. The molecule has 0 aliphatic rings. The number of ether oxygens (including phenoxy) is 1. The predicted octanol–water partition coefficient (Wildman–Crippen LogP) is 2.54. The zero-order valence-corrected chi connectivity index (χ0v) is 16.1. The highest BCUT2D eigenvalue weighted by molar-refractivity contribution is 6.66. The third-order valence-corrected chi connectivity index (χ3v) is 4.19. The highest BCUT2D eigenvalue weighted by atomic mass is 16.5. The molecule has 3 aromatic rings. The largest absolute Gasteiger partial charge is 0.497 e. The predicted molar refractivity (Wildman–Crippen MR) is 116 cm³/mol. The molecule has 4 N–H and O–H groups in total. The lowest BCUT2D eigenvalue weighted by Gasteiger charge is -2.08. The van der Waals surface area contributed by atoms with E-state index in [4.69, 9.17) is 10.1 Å². The number of carbonyl (C=O) groups is 1. The van der Waals surface area contributed by atoms with E-state index in [0.29, 0.717) is 17.8 Å². The highest BCUT2D eigenvalue weighted by Crippen LogP contribution is 2.14. The van der Waals surface area contributed by atoms with Gasteiger partial charge in [0.15, 0.2) is 0 Å². The minimum absolute atomic E-state index is 0.0418. The fraction of sp³-hybridized carbons (Fsp3) is 0.0870. The van der Waals surface area contributed by atoms with Gasteiger partial charge in [0.2, 0.25) is 0 Å². The third kappa shape index (κ3) is 5.77. The van der Waals surface area contributed by atoms with Gasteiger partial charge in [-0.05, 0) is 42.0 Å². The quantitative estimate of drug-likeness (QED) is 0.410. The summed E-state index contributed by atoms with van der Waals surface area (Å²) in [4.78, 5) is 12.7. The smallest absolute Gasteiger partial charge is 0.321 e. The molecule has 0 atom stereocenters. The minimum atomic E-state index is -0.410. The van der Waals surface area contributed by atoms with Gasteiger partial charge in [-0.15, -0.1) is 0 Å². The van der Waals surface area contributed by atoms with E-state index in [1.54, 1.807) is 19.2 Å². The zero-order chi connectivity index (χ0) is 20.5. The summed E-state index contributed by atoms with van der Waals surface area (Å²) in [7, 11) is 1.61. The van der Waals surface area contributed by atoms with E-state index < -0.39 is 5.91 Å². The van der Waals surface area contributed by atoms with E-state index in [9.17, 15) is 4.79 Å². The van der Waals surface area contributed by atoms with Gasteiger partial charge in [0.25, 0.3) is 5.71 Å². The fourth-order valence-corrected chi connectivity index (χ4v) is 2.67. The number of nitrogens with two attached hydrogens (primary N) is 1. The van der Waals surface area contributed by atoms with Crippen molar-refractivity contribution in [1.29, 1.82) is 0 Å². The first-order valence-corrected chi connectivity index (χ1v) is 9.15. The molecule has 6 heteroatoms. The second kappa shape index (κ2) is 9.85. The number of amides is 1. The summed E-state index contributed by atoms with van der Waals surface area (Å²) in [5.41, 5.74) is 5.82. The van der Waals surface area contributed by atoms with Crippen molar-refractivity contribution in [3.05, 3.63) is 90.5 Å². The number of anilines is 2. The van der Waals surface area contributed by atoms with Gasteiger partial charge in [0, 0.05) is 12.1 Å². The standard InChI is InChI=1S/C23H22N4O2/c1-29-20-14-8-9-17(15-20)16-21(27-26-19-12-6-3-7-13-19)22(24)23(28)25-18-10-4-2-5-11-18/h2-15,24,26H,16H2,1H3,(H,25,28)/p+1/b24-22?,27-21-. The number of benzene rings is 3. The van der Waals surface area contributed by atoms with E-state index in [1.165, 1.54) is 0 Å². The molecule has 0 saturated heterocycles. The van der Waals surface area contributed by atoms with Crippen LogP contribution in [0.3, 0.4) is 0 Å². The summed E-state index contributed by atoms with van der Waals surface area (Å²) in [6.07, 6.45) is 0.366. The summed E-state index contributed by atoms with van der Waals surface area (Å²) in [6.45, 7) is 0. The Morgan fingerprint density at radius 1 is 0.931 bits per heavy atom. The first kappa shape index (κ1) is 19.8. The van der Waals surface area contributed by atoms with E-state index >= 15 is 0 Å². The molecule has 0 aliphatic carbocycles. The number of para-hydroxylation sites is 2. The van der Waals surface area contributed by atoms with E-state index in [-0.39, 0.29) is 5.71 Å². The molecule has 0 spiro atoms. The van der Waals surface area contributed by atoms with Crippen LogP contribution in [-0.4, -0.2) is 24.4 Å². The molecule has 0 bridgehead atoms. The van der Waals surface area contributed by atoms with Crippen LogP contribution < -0.4 is 20.9 Å². The average molecular weight is 387 g/mol. The van der Waals surface area contributed by atoms with Crippen LogP contribution in [0.5, 0.6) is 5.75 Å². The van der Waals surface area contributed by atoms with Crippen molar-refractivity contribution >= 4 is 28.7 Å². The van der Waals surface area contributed by atoms with Crippen LogP contribution in [0, 0.1) is 0 Å². The second-order valence-corrected chi connectivity index (χ2v) is 6.30. The number of methoxy groups -OCH3 is 1. The highest BCUT2D eigenvalue weighted by Gasteiger charge is 2.23. The molecular formula is C23H23N4O2+. The summed E-state index contributed by atoms with van der Waals surface area (Å²) < 4.78 is 5.28. The van der Waals surface area contributed by atoms with Crippen molar-refractivity contribution in [2.75, 3.05) is 17.9 Å². The lowest BCUT2D eigenvalue weighted by molar-refractivity contribution is -0.130. The Hall–Kier alpha value is -3.93. The molecule has 1 amide bonds. The van der Waals surface area contributed by atoms with Gasteiger partial charge in [-0.2, -0.15) is 5.10 Å². The van der Waals surface area contributed by atoms with Crippen LogP contribution in [-0.2, 0) is 11.2 Å². The number of carbonyl (C=O) groups excluding carboxylic acids is 1. The SMILES string of the molecule is COc1cccc(C/C(=N/Nc2ccccc2)C(=[NH2+])C(=O)Nc2ccccc2)c1. The summed E-state index contributed by atoms with van der Waals surface area (Å²) in [6, 6.07) is 26.2. The molecule has 0 radical (unpaired) electrons. The van der Waals surface area contributed by atoms with Gasteiger partial charge in [-0.3, -0.25) is 10.2 Å². The number of nitrogens with zero attached hydrogens (tertiary/aromatic N) is 1. The van der Waals surface area contributed by atoms with Crippen LogP contribution in [0.1, 0.15) is 5.56 Å². The van der Waals surface area contributed by atoms with Crippen LogP contribution in [0.4, 0.5) is 11.4 Å². The number of hydrogen-bond donors (Lipinski definition) is 3. The number of hydrogen-bond acceptors (Lipinski definition) is 4. The van der Waals surface area contributed by atoms with Crippen molar-refractivity contribution < 1.29 is 14.9 Å². The topological polar surface area (TPSA) is 88.3 Å². The maximum absolute atomic E-state index is 12.7. The van der Waals surface area contributed by atoms with Gasteiger partial charge in [-0.25, -0.2) is 5.41 Å². The Morgan fingerprint density at radius 3 is 2.24 bits per heavy atom. The molecule has 0 aliphatic heterocycles. The maximum atomic E-state index is 12.7. The van der Waals surface area contributed by atoms with Gasteiger partial charge >= 0.3 is 5.91 Å². The molecule has 0 heterocycles. The Kier molecular flexibility index (Phi) is 6.73. The van der Waals surface area contributed by atoms with E-state index in [2.05, 4.69) is 15.8 Å². The summed E-state index contributed by atoms with van der Waals surface area (Å²) >= 11 is 0.